The van der Waals surface area contributed by atoms with E-state index < -0.39 is 0 Å². The minimum absolute atomic E-state index is 0.408. The molecule has 1 saturated heterocycles. The molecule has 0 radical (unpaired) electrons. The molecule has 0 amide bonds. The Labute approximate surface area is 115 Å². The molecule has 0 bridgehead atoms. The Morgan fingerprint density at radius 3 is 2.33 bits per heavy atom. The van der Waals surface area contributed by atoms with Crippen LogP contribution in [0.2, 0.25) is 5.02 Å². The molecule has 0 aliphatic carbocycles. The SMILES string of the molecule is CN1CCN(CC(CN)c2ccc(Cl)cc2)CC1. The van der Waals surface area contributed by atoms with Gasteiger partial charge in [-0.15, -0.1) is 0 Å². The molecule has 1 aliphatic rings. The standard InChI is InChI=1S/C14H22ClN3/c1-17-6-8-18(9-7-17)11-13(10-16)12-2-4-14(15)5-3-12/h2-5,13H,6-11,16H2,1H3. The summed E-state index contributed by atoms with van der Waals surface area (Å²) in [5, 5.41) is 0.786. The second-order valence-electron chi connectivity index (χ2n) is 5.09. The topological polar surface area (TPSA) is 32.5 Å². The summed E-state index contributed by atoms with van der Waals surface area (Å²) in [6.07, 6.45) is 0. The van der Waals surface area contributed by atoms with Crippen molar-refractivity contribution in [2.75, 3.05) is 46.3 Å². The van der Waals surface area contributed by atoms with E-state index in [4.69, 9.17) is 17.3 Å². The molecule has 2 N–H and O–H groups in total. The zero-order valence-corrected chi connectivity index (χ0v) is 11.7. The molecule has 1 atom stereocenters. The number of hydrogen-bond acceptors (Lipinski definition) is 3. The predicted molar refractivity (Wildman–Crippen MR) is 77.2 cm³/mol. The van der Waals surface area contributed by atoms with Gasteiger partial charge in [-0.3, -0.25) is 0 Å². The first-order chi connectivity index (χ1) is 8.69. The highest BCUT2D eigenvalue weighted by Gasteiger charge is 2.18. The van der Waals surface area contributed by atoms with Crippen molar-refractivity contribution < 1.29 is 0 Å². The first-order valence-corrected chi connectivity index (χ1v) is 6.93. The quantitative estimate of drug-likeness (QED) is 0.900. The third kappa shape index (κ3) is 3.69. The van der Waals surface area contributed by atoms with Crippen LogP contribution >= 0.6 is 11.6 Å². The second-order valence-corrected chi connectivity index (χ2v) is 5.52. The van der Waals surface area contributed by atoms with Crippen molar-refractivity contribution in [1.29, 1.82) is 0 Å². The van der Waals surface area contributed by atoms with Crippen molar-refractivity contribution in [3.05, 3.63) is 34.9 Å². The van der Waals surface area contributed by atoms with Crippen LogP contribution in [-0.4, -0.2) is 56.1 Å². The first kappa shape index (κ1) is 13.8. The minimum atomic E-state index is 0.408. The average molecular weight is 268 g/mol. The minimum Gasteiger partial charge on any atom is -0.330 e. The summed E-state index contributed by atoms with van der Waals surface area (Å²) in [5.74, 6) is 0.408. The Morgan fingerprint density at radius 1 is 1.17 bits per heavy atom. The normalized spacial score (nSPS) is 19.9. The van der Waals surface area contributed by atoms with Gasteiger partial charge in [-0.1, -0.05) is 23.7 Å². The van der Waals surface area contributed by atoms with E-state index in [1.165, 1.54) is 5.56 Å². The van der Waals surface area contributed by atoms with Crippen LogP contribution in [-0.2, 0) is 0 Å². The Bertz CT molecular complexity index is 358. The fourth-order valence-electron chi connectivity index (χ4n) is 2.39. The van der Waals surface area contributed by atoms with Crippen molar-refractivity contribution in [2.45, 2.75) is 5.92 Å². The van der Waals surface area contributed by atoms with Gasteiger partial charge in [-0.2, -0.15) is 0 Å². The van der Waals surface area contributed by atoms with E-state index >= 15 is 0 Å². The maximum Gasteiger partial charge on any atom is 0.0406 e. The van der Waals surface area contributed by atoms with Gasteiger partial charge in [0.15, 0.2) is 0 Å². The van der Waals surface area contributed by atoms with E-state index in [0.717, 1.165) is 37.7 Å². The summed E-state index contributed by atoms with van der Waals surface area (Å²) >= 11 is 5.92. The molecule has 1 aromatic carbocycles. The summed E-state index contributed by atoms with van der Waals surface area (Å²) in [6.45, 7) is 6.32. The van der Waals surface area contributed by atoms with Gasteiger partial charge >= 0.3 is 0 Å². The molecule has 100 valence electrons. The second kappa shape index (κ2) is 6.53. The predicted octanol–water partition coefficient (Wildman–Crippen LogP) is 1.63. The fraction of sp³-hybridized carbons (Fsp3) is 0.571. The smallest absolute Gasteiger partial charge is 0.0406 e. The molecule has 0 spiro atoms. The zero-order valence-electron chi connectivity index (χ0n) is 11.0. The van der Waals surface area contributed by atoms with Gasteiger partial charge in [-0.05, 0) is 24.7 Å². The molecule has 1 fully saturated rings. The monoisotopic (exact) mass is 267 g/mol. The van der Waals surface area contributed by atoms with Gasteiger partial charge in [0.2, 0.25) is 0 Å². The lowest BCUT2D eigenvalue weighted by Crippen LogP contribution is -2.46. The molecule has 0 aromatic heterocycles. The number of benzene rings is 1. The maximum absolute atomic E-state index is 5.92. The Hall–Kier alpha value is -0.610. The molecule has 2 rings (SSSR count). The number of nitrogens with zero attached hydrogens (tertiary/aromatic N) is 2. The maximum atomic E-state index is 5.92. The Balaban J connectivity index is 1.94. The number of likely N-dealkylation sites (N-methyl/N-ethyl adjacent to an activating group) is 1. The molecule has 18 heavy (non-hydrogen) atoms. The molecule has 1 aromatic rings. The van der Waals surface area contributed by atoms with Gasteiger partial charge in [0.25, 0.3) is 0 Å². The van der Waals surface area contributed by atoms with Crippen molar-refractivity contribution >= 4 is 11.6 Å². The van der Waals surface area contributed by atoms with E-state index in [-0.39, 0.29) is 0 Å². The van der Waals surface area contributed by atoms with Crippen LogP contribution in [0.5, 0.6) is 0 Å². The molecule has 1 aliphatic heterocycles. The van der Waals surface area contributed by atoms with E-state index in [1.54, 1.807) is 0 Å². The van der Waals surface area contributed by atoms with E-state index in [0.29, 0.717) is 12.5 Å². The van der Waals surface area contributed by atoms with Gasteiger partial charge in [0.1, 0.15) is 0 Å². The first-order valence-electron chi connectivity index (χ1n) is 6.55. The summed E-state index contributed by atoms with van der Waals surface area (Å²) in [6, 6.07) is 8.08. The summed E-state index contributed by atoms with van der Waals surface area (Å²) in [7, 11) is 2.18. The van der Waals surface area contributed by atoms with Crippen LogP contribution in [0, 0.1) is 0 Å². The number of hydrogen-bond donors (Lipinski definition) is 1. The van der Waals surface area contributed by atoms with Crippen LogP contribution in [0.15, 0.2) is 24.3 Å². The summed E-state index contributed by atoms with van der Waals surface area (Å²) in [4.78, 5) is 4.88. The summed E-state index contributed by atoms with van der Waals surface area (Å²) in [5.41, 5.74) is 7.21. The molecule has 3 nitrogen and oxygen atoms in total. The van der Waals surface area contributed by atoms with Gasteiger partial charge in [-0.25, -0.2) is 0 Å². The lowest BCUT2D eigenvalue weighted by molar-refractivity contribution is 0.147. The van der Waals surface area contributed by atoms with Crippen molar-refractivity contribution in [1.82, 2.24) is 9.80 Å². The molecule has 4 heteroatoms. The van der Waals surface area contributed by atoms with Crippen LogP contribution in [0.3, 0.4) is 0 Å². The highest BCUT2D eigenvalue weighted by atomic mass is 35.5. The van der Waals surface area contributed by atoms with Crippen molar-refractivity contribution in [3.63, 3.8) is 0 Å². The third-order valence-corrected chi connectivity index (χ3v) is 3.95. The highest BCUT2D eigenvalue weighted by Crippen LogP contribution is 2.19. The highest BCUT2D eigenvalue weighted by molar-refractivity contribution is 6.30. The van der Waals surface area contributed by atoms with E-state index in [9.17, 15) is 0 Å². The number of halogens is 1. The van der Waals surface area contributed by atoms with Crippen LogP contribution in [0.1, 0.15) is 11.5 Å². The molecule has 1 unspecified atom stereocenters. The van der Waals surface area contributed by atoms with E-state index in [1.807, 2.05) is 12.1 Å². The van der Waals surface area contributed by atoms with Crippen molar-refractivity contribution in [2.24, 2.45) is 5.73 Å². The molecular formula is C14H22ClN3. The zero-order chi connectivity index (χ0) is 13.0. The third-order valence-electron chi connectivity index (χ3n) is 3.70. The lowest BCUT2D eigenvalue weighted by atomic mass is 9.98. The molecule has 0 saturated carbocycles. The number of piperazine rings is 1. The van der Waals surface area contributed by atoms with E-state index in [2.05, 4.69) is 29.0 Å². The van der Waals surface area contributed by atoms with Crippen LogP contribution in [0.4, 0.5) is 0 Å². The Morgan fingerprint density at radius 2 is 1.78 bits per heavy atom. The van der Waals surface area contributed by atoms with Gasteiger partial charge in [0.05, 0.1) is 0 Å². The molecule has 1 heterocycles. The van der Waals surface area contributed by atoms with Gasteiger partial charge in [0, 0.05) is 50.2 Å². The lowest BCUT2D eigenvalue weighted by Gasteiger charge is -2.34. The number of rotatable bonds is 4. The average Bonchev–Trinajstić information content (AvgIpc) is 2.39. The summed E-state index contributed by atoms with van der Waals surface area (Å²) < 4.78 is 0. The fourth-order valence-corrected chi connectivity index (χ4v) is 2.52. The van der Waals surface area contributed by atoms with Gasteiger partial charge < -0.3 is 15.5 Å². The van der Waals surface area contributed by atoms with Crippen LogP contribution < -0.4 is 5.73 Å². The molecular weight excluding hydrogens is 246 g/mol. The number of nitrogens with two attached hydrogens (primary N) is 1. The largest absolute Gasteiger partial charge is 0.330 e. The van der Waals surface area contributed by atoms with Crippen molar-refractivity contribution in [3.8, 4) is 0 Å². The Kier molecular flexibility index (Phi) is 5.01. The van der Waals surface area contributed by atoms with Crippen LogP contribution in [0.25, 0.3) is 0 Å².